The molecule has 7 heteroatoms. The third-order valence-electron chi connectivity index (χ3n) is 19.1. The van der Waals surface area contributed by atoms with Gasteiger partial charge in [-0.1, -0.05) is 230 Å². The van der Waals surface area contributed by atoms with Crippen LogP contribution in [0.25, 0.3) is 0 Å². The van der Waals surface area contributed by atoms with Gasteiger partial charge in [0.25, 0.3) is 0 Å². The van der Waals surface area contributed by atoms with Gasteiger partial charge in [-0.2, -0.15) is 0 Å². The Balaban J connectivity index is 1.34. The van der Waals surface area contributed by atoms with Gasteiger partial charge in [-0.3, -0.25) is 0 Å². The van der Waals surface area contributed by atoms with Gasteiger partial charge in [0.15, 0.2) is 0 Å². The molecule has 7 aromatic carbocycles. The van der Waals surface area contributed by atoms with Gasteiger partial charge in [-0.05, 0) is 168 Å². The molecule has 3 heterocycles. The van der Waals surface area contributed by atoms with Gasteiger partial charge >= 0.3 is 0 Å². The molecule has 480 valence electrons. The lowest BCUT2D eigenvalue weighted by Crippen LogP contribution is -2.17. The topological polar surface area (TPSA) is 97.6 Å². The number of rotatable bonds is 0. The predicted molar refractivity (Wildman–Crippen MR) is 372 cm³/mol. The van der Waals surface area contributed by atoms with Crippen molar-refractivity contribution in [3.05, 3.63) is 202 Å². The molecule has 3 N–H and O–H groups in total. The van der Waals surface area contributed by atoms with Crippen LogP contribution in [-0.4, -0.2) is 41.7 Å². The van der Waals surface area contributed by atoms with Crippen molar-refractivity contribution >= 4 is 0 Å². The van der Waals surface area contributed by atoms with Gasteiger partial charge in [-0.25, -0.2) is 0 Å². The van der Waals surface area contributed by atoms with Crippen LogP contribution < -0.4 is 18.9 Å². The fourth-order valence-corrected chi connectivity index (χ4v) is 13.2. The molecule has 0 saturated heterocycles. The van der Waals surface area contributed by atoms with Crippen molar-refractivity contribution < 1.29 is 34.3 Å². The first-order valence-corrected chi connectivity index (χ1v) is 33.4. The quantitative estimate of drug-likeness (QED) is 0.139. The molecule has 0 radical (unpaired) electrons. The number of aromatic hydroxyl groups is 3. The molecule has 0 fully saturated rings. The first-order valence-electron chi connectivity index (χ1n) is 33.4. The maximum absolute atomic E-state index is 13.0. The van der Waals surface area contributed by atoms with Gasteiger partial charge in [0.05, 0.1) is 13.2 Å². The van der Waals surface area contributed by atoms with E-state index >= 15 is 0 Å². The van der Waals surface area contributed by atoms with Gasteiger partial charge in [0.2, 0.25) is 0 Å². The second-order valence-corrected chi connectivity index (χ2v) is 34.0. The van der Waals surface area contributed by atoms with E-state index in [-0.39, 0.29) is 55.2 Å². The molecule has 10 rings (SSSR count). The molecule has 0 aromatic heterocycles. The number of fused-ring (bicyclic) bond motifs is 11. The van der Waals surface area contributed by atoms with Gasteiger partial charge < -0.3 is 34.3 Å². The second-order valence-electron chi connectivity index (χ2n) is 34.0. The van der Waals surface area contributed by atoms with Crippen LogP contribution in [0.15, 0.2) is 84.9 Å². The highest BCUT2D eigenvalue weighted by Crippen LogP contribution is 2.47. The summed E-state index contributed by atoms with van der Waals surface area (Å²) in [6.45, 7) is 49.1. The van der Waals surface area contributed by atoms with E-state index in [1.807, 2.05) is 0 Å². The molecule has 3 aliphatic heterocycles. The third kappa shape index (κ3) is 14.3. The monoisotopic (exact) mass is 1210 g/mol. The van der Waals surface area contributed by atoms with Gasteiger partial charge in [-0.15, -0.1) is 0 Å². The van der Waals surface area contributed by atoms with Crippen molar-refractivity contribution in [3.63, 3.8) is 0 Å². The Hall–Kier alpha value is -6.86. The van der Waals surface area contributed by atoms with E-state index in [0.29, 0.717) is 71.4 Å². The van der Waals surface area contributed by atoms with Crippen LogP contribution in [0.1, 0.15) is 275 Å². The van der Waals surface area contributed by atoms with Gasteiger partial charge in [0, 0.05) is 44.9 Å². The van der Waals surface area contributed by atoms with E-state index in [1.54, 1.807) is 0 Å². The van der Waals surface area contributed by atoms with Crippen LogP contribution in [0.2, 0.25) is 0 Å². The summed E-state index contributed by atoms with van der Waals surface area (Å²) in [5.41, 5.74) is 19.5. The zero-order valence-electron chi connectivity index (χ0n) is 58.7. The molecular weight excluding hydrogens is 1110 g/mol. The summed E-state index contributed by atoms with van der Waals surface area (Å²) in [6, 6.07) is 31.8. The molecule has 7 nitrogen and oxygen atoms in total. The van der Waals surface area contributed by atoms with E-state index in [9.17, 15) is 15.3 Å². The SMILES string of the molecule is CC(C)(C)c1cc2c(O)c(c1)Cc1cc(C(C)(C)C)cc(c1O)Cc1cc(C(C)(C)C)cc3c1OCCCCOc1c(cc(C(C)(C)C)cc1Cc1cc(C(C)(C)C)cc4c1OCCOc1c(cc(C(C)(C)C)cc1C4)C3)Cc1cc(C(C)(C)C)cc(c1O)C2. The molecule has 7 aromatic rings. The summed E-state index contributed by atoms with van der Waals surface area (Å²) in [4.78, 5) is 0. The second kappa shape index (κ2) is 24.0. The van der Waals surface area contributed by atoms with E-state index < -0.39 is 0 Å². The Morgan fingerprint density at radius 3 is 0.511 bits per heavy atom. The lowest BCUT2D eigenvalue weighted by Gasteiger charge is -2.28. The van der Waals surface area contributed by atoms with E-state index in [2.05, 4.69) is 230 Å². The first kappa shape index (κ1) is 66.1. The Morgan fingerprint density at radius 2 is 0.344 bits per heavy atom. The molecule has 0 saturated carbocycles. The van der Waals surface area contributed by atoms with E-state index in [0.717, 1.165) is 130 Å². The van der Waals surface area contributed by atoms with Gasteiger partial charge in [0.1, 0.15) is 53.5 Å². The Bertz CT molecular complexity index is 3630. The van der Waals surface area contributed by atoms with Crippen molar-refractivity contribution in [2.24, 2.45) is 0 Å². The minimum Gasteiger partial charge on any atom is -0.507 e. The summed E-state index contributed by atoms with van der Waals surface area (Å²) in [5, 5.41) is 38.9. The maximum Gasteiger partial charge on any atom is 0.126 e. The van der Waals surface area contributed by atoms with Crippen LogP contribution in [0.4, 0.5) is 0 Å². The number of ether oxygens (including phenoxy) is 4. The van der Waals surface area contributed by atoms with E-state index in [4.69, 9.17) is 18.9 Å². The molecule has 3 aliphatic rings. The Kier molecular flexibility index (Phi) is 17.6. The van der Waals surface area contributed by atoms with Crippen molar-refractivity contribution in [2.45, 2.75) is 241 Å². The smallest absolute Gasteiger partial charge is 0.126 e. The molecule has 0 spiro atoms. The average molecular weight is 1220 g/mol. The lowest BCUT2D eigenvalue weighted by atomic mass is 9.79. The van der Waals surface area contributed by atoms with E-state index in [1.165, 1.54) is 22.3 Å². The lowest BCUT2D eigenvalue weighted by molar-refractivity contribution is 0.215. The summed E-state index contributed by atoms with van der Waals surface area (Å²) in [5.74, 6) is 4.03. The Morgan fingerprint density at radius 1 is 0.211 bits per heavy atom. The van der Waals surface area contributed by atoms with Crippen molar-refractivity contribution in [1.82, 2.24) is 0 Å². The fraction of sp³-hybridized carbons (Fsp3) is 0.494. The van der Waals surface area contributed by atoms with Crippen molar-refractivity contribution in [1.29, 1.82) is 0 Å². The van der Waals surface area contributed by atoms with Crippen LogP contribution >= 0.6 is 0 Å². The number of phenolic OH excluding ortho intramolecular Hbond substituents is 3. The highest BCUT2D eigenvalue weighted by atomic mass is 16.5. The largest absolute Gasteiger partial charge is 0.507 e. The normalized spacial score (nSPS) is 15.5. The van der Waals surface area contributed by atoms with Crippen LogP contribution in [-0.2, 0) is 82.9 Å². The maximum atomic E-state index is 13.0. The van der Waals surface area contributed by atoms with Crippen LogP contribution in [0.5, 0.6) is 40.2 Å². The molecule has 14 bridgehead atoms. The standard InChI is InChI=1S/C83H106O7/c1-77(2,3)63-35-49-28-51-37-64(78(4,5)6)39-53(71(51)85)30-55-41-66(80(10,11)12)43-57-32-59-45-68(82(16,17)18)47-61-34-62-48-69(83(19,20)21)46-60(76(62)90-27-26-89-75(59)61)33-58-44-67(81(13,14)15)42-56(74(58)88-25-23-22-24-87-73(55)57)31-54-40-65(79(7,8)9)38-52(72(54)86)29-50(36-63)70(49)84/h35-48,84-86H,22-34H2,1-21H3. The minimum absolute atomic E-state index is 0.170. The summed E-state index contributed by atoms with van der Waals surface area (Å²) in [6.07, 6.45) is 4.55. The number of benzene rings is 7. The minimum atomic E-state index is -0.290. The number of hydrogen-bond acceptors (Lipinski definition) is 7. The third-order valence-corrected chi connectivity index (χ3v) is 19.1. The van der Waals surface area contributed by atoms with Crippen LogP contribution in [0.3, 0.4) is 0 Å². The predicted octanol–water partition coefficient (Wildman–Crippen LogP) is 19.7. The summed E-state index contributed by atoms with van der Waals surface area (Å²) in [7, 11) is 0. The number of phenols is 3. The molecule has 90 heavy (non-hydrogen) atoms. The summed E-state index contributed by atoms with van der Waals surface area (Å²) >= 11 is 0. The highest BCUT2D eigenvalue weighted by Gasteiger charge is 2.32. The van der Waals surface area contributed by atoms with Crippen molar-refractivity contribution in [3.8, 4) is 40.2 Å². The Labute approximate surface area is 541 Å². The zero-order chi connectivity index (χ0) is 65.6. The first-order chi connectivity index (χ1) is 41.7. The zero-order valence-corrected chi connectivity index (χ0v) is 58.7. The number of hydrogen-bond donors (Lipinski definition) is 3. The molecule has 0 atom stereocenters. The van der Waals surface area contributed by atoms with Crippen molar-refractivity contribution in [2.75, 3.05) is 26.4 Å². The van der Waals surface area contributed by atoms with Crippen LogP contribution in [0, 0.1) is 0 Å². The molecule has 0 unspecified atom stereocenters. The highest BCUT2D eigenvalue weighted by molar-refractivity contribution is 5.62. The molecule has 0 amide bonds. The fourth-order valence-electron chi connectivity index (χ4n) is 13.2. The molecular formula is C83H106O7. The molecule has 0 aliphatic carbocycles. The summed E-state index contributed by atoms with van der Waals surface area (Å²) < 4.78 is 29.0. The average Bonchev–Trinajstić information content (AvgIpc) is 1.09.